The zero-order valence-corrected chi connectivity index (χ0v) is 33.7. The number of carbonyl (C=O) groups is 5. The van der Waals surface area contributed by atoms with Crippen molar-refractivity contribution in [3.05, 3.63) is 75.3 Å². The van der Waals surface area contributed by atoms with E-state index in [1.807, 2.05) is 18.3 Å². The zero-order chi connectivity index (χ0) is 41.4. The first-order valence-electron chi connectivity index (χ1n) is 21.0. The summed E-state index contributed by atoms with van der Waals surface area (Å²) >= 11 is 0. The second-order valence-corrected chi connectivity index (χ2v) is 17.0. The van der Waals surface area contributed by atoms with Crippen molar-refractivity contribution in [3.63, 3.8) is 0 Å². The van der Waals surface area contributed by atoms with E-state index in [0.29, 0.717) is 51.6 Å². The Labute approximate surface area is 345 Å². The van der Waals surface area contributed by atoms with Crippen LogP contribution in [0.4, 0.5) is 23.1 Å². The van der Waals surface area contributed by atoms with Crippen LogP contribution in [-0.4, -0.2) is 134 Å². The maximum absolute atomic E-state index is 13.6. The molecule has 3 aromatic heterocycles. The molecule has 1 aromatic carbocycles. The van der Waals surface area contributed by atoms with E-state index in [-0.39, 0.29) is 35.8 Å². The van der Waals surface area contributed by atoms with E-state index in [1.54, 1.807) is 29.8 Å². The molecule has 60 heavy (non-hydrogen) atoms. The predicted octanol–water partition coefficient (Wildman–Crippen LogP) is 2.65. The van der Waals surface area contributed by atoms with Crippen LogP contribution in [0.2, 0.25) is 0 Å². The highest BCUT2D eigenvalue weighted by Gasteiger charge is 2.46. The lowest BCUT2D eigenvalue weighted by Crippen LogP contribution is -2.71. The second-order valence-electron chi connectivity index (χ2n) is 17.0. The highest BCUT2D eigenvalue weighted by Crippen LogP contribution is 2.35. The van der Waals surface area contributed by atoms with Gasteiger partial charge in [0, 0.05) is 94.2 Å². The third-order valence-corrected chi connectivity index (χ3v) is 13.5. The minimum Gasteiger partial charge on any atom is -0.368 e. The van der Waals surface area contributed by atoms with Gasteiger partial charge >= 0.3 is 0 Å². The SMILES string of the molecule is CC(=O)c1c(C)c2cnc(Nc3ccc(N4CCN(C5CN(C6CN(c7ccc8c(c7)C(=O)N(C7CCC(=O)NC7=O)C8=O)C6)C5)CC4)cn3)nc2n(C2CCCC2)c1=O. The first-order chi connectivity index (χ1) is 29.0. The number of likely N-dealkylation sites (tertiary alicyclic amines) is 1. The van der Waals surface area contributed by atoms with Gasteiger partial charge in [-0.25, -0.2) is 9.97 Å². The van der Waals surface area contributed by atoms with Crippen molar-refractivity contribution in [2.75, 3.05) is 67.5 Å². The number of amides is 4. The fourth-order valence-electron chi connectivity index (χ4n) is 9.99. The van der Waals surface area contributed by atoms with Gasteiger partial charge in [0.15, 0.2) is 5.78 Å². The summed E-state index contributed by atoms with van der Waals surface area (Å²) in [7, 11) is 0. The molecule has 1 unspecified atom stereocenters. The van der Waals surface area contributed by atoms with E-state index in [0.717, 1.165) is 94.3 Å². The zero-order valence-electron chi connectivity index (χ0n) is 33.7. The van der Waals surface area contributed by atoms with Gasteiger partial charge in [0.2, 0.25) is 17.8 Å². The van der Waals surface area contributed by atoms with Crippen LogP contribution >= 0.6 is 0 Å². The van der Waals surface area contributed by atoms with Crippen molar-refractivity contribution in [2.45, 2.75) is 76.5 Å². The number of aromatic nitrogens is 4. The maximum atomic E-state index is 13.6. The van der Waals surface area contributed by atoms with Crippen LogP contribution in [0.5, 0.6) is 0 Å². The van der Waals surface area contributed by atoms with E-state index in [1.165, 1.54) is 6.92 Å². The molecule has 17 nitrogen and oxygen atoms in total. The van der Waals surface area contributed by atoms with Crippen LogP contribution in [0.1, 0.15) is 88.1 Å². The summed E-state index contributed by atoms with van der Waals surface area (Å²) in [5.41, 5.74) is 3.64. The number of Topliss-reactive ketones (excluding diaryl/α,β-unsaturated/α-hetero) is 1. The lowest BCUT2D eigenvalue weighted by Gasteiger charge is -2.55. The van der Waals surface area contributed by atoms with Gasteiger partial charge in [-0.1, -0.05) is 12.8 Å². The number of nitrogens with zero attached hydrogens (tertiary/aromatic N) is 9. The minimum atomic E-state index is -0.971. The van der Waals surface area contributed by atoms with Gasteiger partial charge in [0.1, 0.15) is 17.5 Å². The molecule has 4 amide bonds. The van der Waals surface area contributed by atoms with Crippen LogP contribution in [0.25, 0.3) is 11.0 Å². The monoisotopic (exact) mass is 813 g/mol. The summed E-state index contributed by atoms with van der Waals surface area (Å²) < 4.78 is 1.71. The molecule has 10 rings (SSSR count). The normalized spacial score (nSPS) is 22.0. The van der Waals surface area contributed by atoms with Crippen LogP contribution in [0, 0.1) is 6.92 Å². The van der Waals surface area contributed by atoms with Crippen LogP contribution in [0.15, 0.2) is 47.5 Å². The van der Waals surface area contributed by atoms with E-state index in [2.05, 4.69) is 46.3 Å². The fourth-order valence-corrected chi connectivity index (χ4v) is 9.99. The number of piperazine rings is 1. The molecule has 5 aliphatic heterocycles. The predicted molar refractivity (Wildman–Crippen MR) is 222 cm³/mol. The summed E-state index contributed by atoms with van der Waals surface area (Å²) in [6.45, 7) is 10.7. The topological polar surface area (TPSA) is 186 Å². The fraction of sp³-hybridized carbons (Fsp3) is 0.465. The molecule has 6 aliphatic rings. The van der Waals surface area contributed by atoms with Gasteiger partial charge in [-0.05, 0) is 69.0 Å². The lowest BCUT2D eigenvalue weighted by atomic mass is 9.97. The van der Waals surface area contributed by atoms with Crippen molar-refractivity contribution in [1.82, 2.24) is 39.5 Å². The third-order valence-electron chi connectivity index (χ3n) is 13.5. The molecule has 2 N–H and O–H groups in total. The highest BCUT2D eigenvalue weighted by molar-refractivity contribution is 6.23. The number of piperidine rings is 1. The van der Waals surface area contributed by atoms with Crippen molar-refractivity contribution in [1.29, 1.82) is 0 Å². The highest BCUT2D eigenvalue weighted by atomic mass is 16.2. The molecule has 8 heterocycles. The molecular formula is C43H47N11O6. The number of aryl methyl sites for hydroxylation is 1. The third kappa shape index (κ3) is 6.50. The van der Waals surface area contributed by atoms with Gasteiger partial charge in [0.05, 0.1) is 28.6 Å². The average Bonchev–Trinajstić information content (AvgIpc) is 3.81. The van der Waals surface area contributed by atoms with E-state index >= 15 is 0 Å². The van der Waals surface area contributed by atoms with E-state index < -0.39 is 29.7 Å². The number of carbonyl (C=O) groups excluding carboxylic acids is 5. The Kier molecular flexibility index (Phi) is 9.46. The number of benzene rings is 1. The first kappa shape index (κ1) is 38.2. The molecule has 1 aliphatic carbocycles. The number of nitrogens with one attached hydrogen (secondary N) is 2. The lowest BCUT2D eigenvalue weighted by molar-refractivity contribution is -0.136. The molecule has 0 spiro atoms. The smallest absolute Gasteiger partial charge is 0.263 e. The summed E-state index contributed by atoms with van der Waals surface area (Å²) in [6.07, 6.45) is 7.63. The van der Waals surface area contributed by atoms with Gasteiger partial charge < -0.3 is 15.1 Å². The van der Waals surface area contributed by atoms with Crippen molar-refractivity contribution in [3.8, 4) is 0 Å². The number of ketones is 1. The molecular weight excluding hydrogens is 767 g/mol. The largest absolute Gasteiger partial charge is 0.368 e. The van der Waals surface area contributed by atoms with Crippen molar-refractivity contribution in [2.24, 2.45) is 0 Å². The van der Waals surface area contributed by atoms with Gasteiger partial charge in [0.25, 0.3) is 17.4 Å². The van der Waals surface area contributed by atoms with Crippen molar-refractivity contribution < 1.29 is 24.0 Å². The Balaban J connectivity index is 0.707. The minimum absolute atomic E-state index is 0.00804. The number of hydrogen-bond acceptors (Lipinski definition) is 14. The Hall–Kier alpha value is -6.07. The van der Waals surface area contributed by atoms with Gasteiger partial charge in [-0.3, -0.25) is 53.4 Å². The second kappa shape index (κ2) is 14.9. The Bertz CT molecular complexity index is 2520. The molecule has 17 heteroatoms. The molecule has 0 radical (unpaired) electrons. The van der Waals surface area contributed by atoms with Crippen molar-refractivity contribution >= 4 is 63.6 Å². The Morgan fingerprint density at radius 1 is 0.767 bits per heavy atom. The standard InChI is InChI=1S/C43H47N11O6/c1-24-33-19-45-43(48-38(33)53(26-5-3-4-6-26)42(60)37(24)25(2)55)46-35-11-8-28(18-44-35)49-13-15-50(16-14-49)29-20-52(21-29)30-22-51(23-30)27-7-9-31-32(17-27)41(59)54(40(31)58)34-10-12-36(56)47-39(34)57/h7-9,11,17-19,26,29-30,34H,3-6,10,12-16,20-23H2,1-2H3,(H,47,56,57)(H,44,45,46,48). The first-order valence-corrected chi connectivity index (χ1v) is 21.0. The average molecular weight is 814 g/mol. The van der Waals surface area contributed by atoms with Gasteiger partial charge in [-0.15, -0.1) is 0 Å². The summed E-state index contributed by atoms with van der Waals surface area (Å²) in [5.74, 6) is -1.27. The quantitative estimate of drug-likeness (QED) is 0.186. The van der Waals surface area contributed by atoms with Crippen LogP contribution in [0.3, 0.4) is 0 Å². The number of fused-ring (bicyclic) bond motifs is 2. The van der Waals surface area contributed by atoms with Crippen LogP contribution in [-0.2, 0) is 9.59 Å². The van der Waals surface area contributed by atoms with E-state index in [9.17, 15) is 28.8 Å². The summed E-state index contributed by atoms with van der Waals surface area (Å²) in [5, 5.41) is 6.17. The molecule has 4 saturated heterocycles. The Morgan fingerprint density at radius 3 is 2.18 bits per heavy atom. The maximum Gasteiger partial charge on any atom is 0.263 e. The number of hydrogen-bond donors (Lipinski definition) is 2. The summed E-state index contributed by atoms with van der Waals surface area (Å²) in [6, 6.07) is 9.26. The molecule has 0 bridgehead atoms. The Morgan fingerprint density at radius 2 is 1.48 bits per heavy atom. The molecule has 4 aromatic rings. The van der Waals surface area contributed by atoms with Crippen LogP contribution < -0.4 is 26.0 Å². The molecule has 5 fully saturated rings. The van der Waals surface area contributed by atoms with E-state index in [4.69, 9.17) is 4.98 Å². The molecule has 1 atom stereocenters. The number of imide groups is 2. The number of rotatable bonds is 9. The van der Waals surface area contributed by atoms with Gasteiger partial charge in [-0.2, -0.15) is 4.98 Å². The number of anilines is 4. The number of pyridine rings is 2. The summed E-state index contributed by atoms with van der Waals surface area (Å²) in [4.78, 5) is 101. The molecule has 310 valence electrons. The molecule has 1 saturated carbocycles.